The van der Waals surface area contributed by atoms with Crippen LogP contribution in [0.15, 0.2) is 84.4 Å². The molecule has 0 radical (unpaired) electrons. The SMILES string of the molecule is COc1cc(O)ccc1C1C2=CCC3C(=O)N(C4CCCCC4)C(=O)C3C2CC2C(=O)N(Nc3ccc(C)cc3)C(=O)C21c1ccccc1. The number of nitrogens with one attached hydrogen (secondary N) is 1. The molecular weight excluding hydrogens is 618 g/mol. The van der Waals surface area contributed by atoms with Gasteiger partial charge in [-0.15, -0.1) is 0 Å². The van der Waals surface area contributed by atoms with Crippen LogP contribution in [-0.2, 0) is 24.6 Å². The van der Waals surface area contributed by atoms with Crippen LogP contribution < -0.4 is 10.2 Å². The summed E-state index contributed by atoms with van der Waals surface area (Å²) in [5.41, 5.74) is 5.58. The summed E-state index contributed by atoms with van der Waals surface area (Å²) in [6.45, 7) is 1.97. The third-order valence-corrected chi connectivity index (χ3v) is 11.9. The number of hydrazine groups is 1. The largest absolute Gasteiger partial charge is 0.508 e. The van der Waals surface area contributed by atoms with E-state index in [4.69, 9.17) is 4.74 Å². The summed E-state index contributed by atoms with van der Waals surface area (Å²) in [7, 11) is 1.52. The van der Waals surface area contributed by atoms with Crippen molar-refractivity contribution < 1.29 is 29.0 Å². The molecule has 8 rings (SSSR count). The number of allylic oxidation sites excluding steroid dienone is 2. The summed E-state index contributed by atoms with van der Waals surface area (Å²) >= 11 is 0. The first-order valence-corrected chi connectivity index (χ1v) is 17.5. The van der Waals surface area contributed by atoms with Gasteiger partial charge in [-0.05, 0) is 62.3 Å². The first-order valence-electron chi connectivity index (χ1n) is 17.5. The van der Waals surface area contributed by atoms with E-state index >= 15 is 4.79 Å². The molecule has 2 N–H and O–H groups in total. The minimum absolute atomic E-state index is 0.00661. The normalized spacial score (nSPS) is 29.8. The van der Waals surface area contributed by atoms with Crippen LogP contribution in [0.2, 0.25) is 0 Å². The molecule has 0 spiro atoms. The summed E-state index contributed by atoms with van der Waals surface area (Å²) in [6, 6.07) is 21.7. The predicted molar refractivity (Wildman–Crippen MR) is 182 cm³/mol. The summed E-state index contributed by atoms with van der Waals surface area (Å²) < 4.78 is 5.86. The quantitative estimate of drug-likeness (QED) is 0.245. The number of phenolic OH excluding ortho intramolecular Hbond substituents is 1. The number of benzene rings is 3. The zero-order valence-corrected chi connectivity index (χ0v) is 27.8. The van der Waals surface area contributed by atoms with Gasteiger partial charge in [0.2, 0.25) is 11.8 Å². The second kappa shape index (κ2) is 11.9. The lowest BCUT2D eigenvalue weighted by molar-refractivity contribution is -0.144. The summed E-state index contributed by atoms with van der Waals surface area (Å²) in [5, 5.41) is 11.7. The third-order valence-electron chi connectivity index (χ3n) is 11.9. The molecule has 4 fully saturated rings. The number of anilines is 1. The van der Waals surface area contributed by atoms with Crippen molar-refractivity contribution >= 4 is 29.3 Å². The van der Waals surface area contributed by atoms with Crippen LogP contribution in [-0.4, -0.2) is 51.8 Å². The number of phenols is 1. The molecule has 2 heterocycles. The smallest absolute Gasteiger partial charge is 0.260 e. The van der Waals surface area contributed by atoms with E-state index in [2.05, 4.69) is 11.5 Å². The van der Waals surface area contributed by atoms with Crippen molar-refractivity contribution in [1.29, 1.82) is 0 Å². The van der Waals surface area contributed by atoms with E-state index in [1.165, 1.54) is 13.2 Å². The van der Waals surface area contributed by atoms with Gasteiger partial charge in [0.15, 0.2) is 0 Å². The van der Waals surface area contributed by atoms with E-state index in [9.17, 15) is 19.5 Å². The lowest BCUT2D eigenvalue weighted by atomic mass is 9.49. The molecular formula is C40H41N3O6. The zero-order chi connectivity index (χ0) is 34.0. The molecule has 0 aromatic heterocycles. The average Bonchev–Trinajstić information content (AvgIpc) is 3.50. The lowest BCUT2D eigenvalue weighted by Crippen LogP contribution is -2.53. The monoisotopic (exact) mass is 659 g/mol. The molecule has 3 aliphatic carbocycles. The minimum Gasteiger partial charge on any atom is -0.508 e. The molecule has 6 atom stereocenters. The van der Waals surface area contributed by atoms with Crippen molar-refractivity contribution in [2.45, 2.75) is 69.2 Å². The Balaban J connectivity index is 1.32. The van der Waals surface area contributed by atoms with E-state index in [0.29, 0.717) is 29.0 Å². The van der Waals surface area contributed by atoms with Crippen LogP contribution >= 0.6 is 0 Å². The number of aromatic hydroxyl groups is 1. The summed E-state index contributed by atoms with van der Waals surface area (Å²) in [5.74, 6) is -3.75. The summed E-state index contributed by atoms with van der Waals surface area (Å²) in [4.78, 5) is 60.1. The van der Waals surface area contributed by atoms with Gasteiger partial charge in [0, 0.05) is 23.6 Å². The number of hydrogen-bond acceptors (Lipinski definition) is 7. The lowest BCUT2D eigenvalue weighted by Gasteiger charge is -2.50. The number of methoxy groups -OCH3 is 1. The van der Waals surface area contributed by atoms with Crippen LogP contribution in [0.1, 0.15) is 67.6 Å². The molecule has 9 heteroatoms. The molecule has 3 aromatic carbocycles. The molecule has 3 aromatic rings. The highest BCUT2D eigenvalue weighted by Gasteiger charge is 2.70. The molecule has 5 aliphatic rings. The maximum atomic E-state index is 15.3. The number of carbonyl (C=O) groups excluding carboxylic acids is 4. The standard InChI is InChI=1S/C40H41N3O6/c1-23-13-15-25(16-14-23)41-43-37(46)32-22-31-28(19-20-30-34(31)38(47)42(36(30)45)26-11-7-4-8-12-26)35(29-18-17-27(44)21-33(29)49-2)40(32,39(43)48)24-9-5-3-6-10-24/h3,5-6,9-10,13-19,21,26,30-32,34-35,41,44H,4,7-8,11-12,20,22H2,1-2H3. The number of imide groups is 2. The fourth-order valence-corrected chi connectivity index (χ4v) is 9.75. The number of rotatable bonds is 6. The van der Waals surface area contributed by atoms with Gasteiger partial charge >= 0.3 is 0 Å². The molecule has 49 heavy (non-hydrogen) atoms. The summed E-state index contributed by atoms with van der Waals surface area (Å²) in [6.07, 6.45) is 7.42. The number of aryl methyl sites for hydroxylation is 1. The molecule has 0 bridgehead atoms. The minimum atomic E-state index is -1.40. The van der Waals surface area contributed by atoms with E-state index in [1.807, 2.05) is 61.5 Å². The van der Waals surface area contributed by atoms with Crippen LogP contribution in [0.4, 0.5) is 5.69 Å². The molecule has 4 amide bonds. The molecule has 6 unspecified atom stereocenters. The maximum absolute atomic E-state index is 15.3. The topological polar surface area (TPSA) is 116 Å². The van der Waals surface area contributed by atoms with Crippen molar-refractivity contribution in [2.24, 2.45) is 23.7 Å². The molecule has 2 aliphatic heterocycles. The number of ether oxygens (including phenoxy) is 1. The van der Waals surface area contributed by atoms with Crippen molar-refractivity contribution in [3.05, 3.63) is 101 Å². The van der Waals surface area contributed by atoms with Gasteiger partial charge in [-0.2, -0.15) is 5.01 Å². The van der Waals surface area contributed by atoms with E-state index in [-0.39, 0.29) is 35.9 Å². The number of fused-ring (bicyclic) bond motifs is 4. The highest BCUT2D eigenvalue weighted by Crippen LogP contribution is 2.65. The Hall–Kier alpha value is -4.92. The Kier molecular flexibility index (Phi) is 7.61. The number of nitrogens with zero attached hydrogens (tertiary/aromatic N) is 2. The number of hydrogen-bond donors (Lipinski definition) is 2. The van der Waals surface area contributed by atoms with Gasteiger partial charge in [-0.25, -0.2) is 0 Å². The van der Waals surface area contributed by atoms with Gasteiger partial charge < -0.3 is 9.84 Å². The second-order valence-electron chi connectivity index (χ2n) is 14.4. The Bertz CT molecular complexity index is 1870. The molecule has 2 saturated heterocycles. The van der Waals surface area contributed by atoms with Crippen LogP contribution in [0.5, 0.6) is 11.5 Å². The number of likely N-dealkylation sites (tertiary alicyclic amines) is 1. The van der Waals surface area contributed by atoms with Gasteiger partial charge in [-0.3, -0.25) is 29.5 Å². The zero-order valence-electron chi connectivity index (χ0n) is 27.8. The molecule has 252 valence electrons. The van der Waals surface area contributed by atoms with Crippen molar-refractivity contribution in [3.8, 4) is 11.5 Å². The predicted octanol–water partition coefficient (Wildman–Crippen LogP) is 6.03. The fraction of sp³-hybridized carbons (Fsp3) is 0.400. The van der Waals surface area contributed by atoms with Crippen molar-refractivity contribution in [1.82, 2.24) is 9.91 Å². The van der Waals surface area contributed by atoms with Crippen LogP contribution in [0.25, 0.3) is 0 Å². The Morgan fingerprint density at radius 3 is 2.31 bits per heavy atom. The third kappa shape index (κ3) is 4.65. The van der Waals surface area contributed by atoms with Crippen molar-refractivity contribution in [3.63, 3.8) is 0 Å². The van der Waals surface area contributed by atoms with E-state index in [1.54, 1.807) is 17.0 Å². The van der Waals surface area contributed by atoms with Gasteiger partial charge in [-0.1, -0.05) is 85.0 Å². The van der Waals surface area contributed by atoms with Gasteiger partial charge in [0.05, 0.1) is 36.0 Å². The highest BCUT2D eigenvalue weighted by atomic mass is 16.5. The Labute approximate surface area is 285 Å². The van der Waals surface area contributed by atoms with Gasteiger partial charge in [0.25, 0.3) is 11.8 Å². The Morgan fingerprint density at radius 1 is 0.857 bits per heavy atom. The van der Waals surface area contributed by atoms with E-state index in [0.717, 1.165) is 48.2 Å². The number of amides is 4. The van der Waals surface area contributed by atoms with Gasteiger partial charge in [0.1, 0.15) is 11.5 Å². The average molecular weight is 660 g/mol. The fourth-order valence-electron chi connectivity index (χ4n) is 9.75. The first kappa shape index (κ1) is 31.4. The van der Waals surface area contributed by atoms with Crippen molar-refractivity contribution in [2.75, 3.05) is 12.5 Å². The molecule has 9 nitrogen and oxygen atoms in total. The second-order valence-corrected chi connectivity index (χ2v) is 14.4. The first-order chi connectivity index (χ1) is 23.7. The molecule has 2 saturated carbocycles. The van der Waals surface area contributed by atoms with E-state index < -0.39 is 40.9 Å². The Morgan fingerprint density at radius 2 is 1.59 bits per heavy atom. The van der Waals surface area contributed by atoms with Crippen LogP contribution in [0, 0.1) is 30.6 Å². The van der Waals surface area contributed by atoms with Crippen LogP contribution in [0.3, 0.4) is 0 Å². The highest BCUT2D eigenvalue weighted by molar-refractivity contribution is 6.13. The number of carbonyl (C=O) groups is 4. The maximum Gasteiger partial charge on any atom is 0.260 e.